The Morgan fingerprint density at radius 1 is 0.800 bits per heavy atom. The van der Waals surface area contributed by atoms with E-state index in [1.165, 1.54) is 38.5 Å². The first kappa shape index (κ1) is 18.7. The van der Waals surface area contributed by atoms with Crippen LogP contribution in [0.15, 0.2) is 0 Å². The summed E-state index contributed by atoms with van der Waals surface area (Å²) in [5.74, 6) is -0.828. The number of aliphatic carboxylic acids is 1. The Balaban J connectivity index is 3.17. The van der Waals surface area contributed by atoms with Crippen LogP contribution in [0.5, 0.6) is 0 Å². The molecule has 0 aliphatic carbocycles. The second-order valence-electron chi connectivity index (χ2n) is 5.15. The Bertz CT molecular complexity index is 258. The van der Waals surface area contributed by atoms with Gasteiger partial charge in [0.05, 0.1) is 0 Å². The van der Waals surface area contributed by atoms with Gasteiger partial charge in [0, 0.05) is 19.5 Å². The lowest BCUT2D eigenvalue weighted by molar-refractivity contribution is -0.137. The molecule has 0 aliphatic rings. The summed E-state index contributed by atoms with van der Waals surface area (Å²) >= 11 is 0. The van der Waals surface area contributed by atoms with Gasteiger partial charge in [0.25, 0.3) is 0 Å². The smallest absolute Gasteiger partial charge is 0.314 e. The van der Waals surface area contributed by atoms with E-state index in [-0.39, 0.29) is 12.5 Å². The molecule has 0 saturated heterocycles. The highest BCUT2D eigenvalue weighted by molar-refractivity contribution is 5.73. The highest BCUT2D eigenvalue weighted by Crippen LogP contribution is 2.07. The third-order valence-electron chi connectivity index (χ3n) is 3.17. The van der Waals surface area contributed by atoms with Crippen molar-refractivity contribution < 1.29 is 14.7 Å². The van der Waals surface area contributed by atoms with Crippen LogP contribution in [-0.2, 0) is 4.79 Å². The fourth-order valence-electron chi connectivity index (χ4n) is 1.96. The fourth-order valence-corrected chi connectivity index (χ4v) is 1.96. The minimum atomic E-state index is -0.828. The highest BCUT2D eigenvalue weighted by atomic mass is 16.4. The van der Waals surface area contributed by atoms with Crippen LogP contribution in [0.25, 0.3) is 0 Å². The number of hydrogen-bond acceptors (Lipinski definition) is 2. The number of carbonyl (C=O) groups excluding carboxylic acids is 1. The first-order valence-corrected chi connectivity index (χ1v) is 7.90. The number of urea groups is 1. The largest absolute Gasteiger partial charge is 0.481 e. The van der Waals surface area contributed by atoms with Gasteiger partial charge < -0.3 is 15.7 Å². The number of nitrogens with one attached hydrogen (secondary N) is 2. The van der Waals surface area contributed by atoms with Crippen molar-refractivity contribution in [1.29, 1.82) is 0 Å². The Labute approximate surface area is 122 Å². The summed E-state index contributed by atoms with van der Waals surface area (Å²) in [6.07, 6.45) is 10.6. The van der Waals surface area contributed by atoms with Crippen LogP contribution in [0.2, 0.25) is 0 Å². The Morgan fingerprint density at radius 3 is 1.85 bits per heavy atom. The minimum Gasteiger partial charge on any atom is -0.481 e. The van der Waals surface area contributed by atoms with E-state index in [1.54, 1.807) is 0 Å². The van der Waals surface area contributed by atoms with Gasteiger partial charge in [0.15, 0.2) is 0 Å². The molecule has 0 saturated carbocycles. The lowest BCUT2D eigenvalue weighted by Crippen LogP contribution is -2.36. The molecule has 0 fully saturated rings. The van der Waals surface area contributed by atoms with E-state index < -0.39 is 5.97 Å². The maximum absolute atomic E-state index is 11.3. The number of unbranched alkanes of at least 4 members (excludes halogenated alkanes) is 7. The summed E-state index contributed by atoms with van der Waals surface area (Å²) < 4.78 is 0. The van der Waals surface area contributed by atoms with Crippen LogP contribution in [0, 0.1) is 0 Å². The van der Waals surface area contributed by atoms with E-state index >= 15 is 0 Å². The Kier molecular flexibility index (Phi) is 13.3. The molecule has 0 atom stereocenters. The second-order valence-corrected chi connectivity index (χ2v) is 5.15. The molecule has 118 valence electrons. The molecule has 0 aromatic carbocycles. The topological polar surface area (TPSA) is 78.4 Å². The van der Waals surface area contributed by atoms with Crippen molar-refractivity contribution in [3.8, 4) is 0 Å². The molecule has 0 radical (unpaired) electrons. The van der Waals surface area contributed by atoms with Crippen molar-refractivity contribution >= 4 is 12.0 Å². The van der Waals surface area contributed by atoms with E-state index in [4.69, 9.17) is 5.11 Å². The summed E-state index contributed by atoms with van der Waals surface area (Å²) in [6, 6.07) is -0.196. The zero-order valence-corrected chi connectivity index (χ0v) is 12.7. The van der Waals surface area contributed by atoms with Crippen molar-refractivity contribution in [2.75, 3.05) is 13.1 Å². The van der Waals surface area contributed by atoms with Gasteiger partial charge in [0.2, 0.25) is 0 Å². The third-order valence-corrected chi connectivity index (χ3v) is 3.17. The first-order valence-electron chi connectivity index (χ1n) is 7.90. The molecule has 5 nitrogen and oxygen atoms in total. The Hall–Kier alpha value is -1.26. The van der Waals surface area contributed by atoms with Gasteiger partial charge in [-0.25, -0.2) is 4.79 Å². The zero-order chi connectivity index (χ0) is 15.1. The third kappa shape index (κ3) is 14.8. The molecule has 0 spiro atoms. The summed E-state index contributed by atoms with van der Waals surface area (Å²) in [7, 11) is 0. The molecule has 0 aromatic rings. The van der Waals surface area contributed by atoms with Crippen LogP contribution in [0.3, 0.4) is 0 Å². The van der Waals surface area contributed by atoms with E-state index in [0.29, 0.717) is 19.5 Å². The van der Waals surface area contributed by atoms with Gasteiger partial charge in [-0.05, 0) is 12.8 Å². The van der Waals surface area contributed by atoms with Crippen LogP contribution >= 0.6 is 0 Å². The molecule has 0 heterocycles. The minimum absolute atomic E-state index is 0.0955. The molecule has 3 N–H and O–H groups in total. The zero-order valence-electron chi connectivity index (χ0n) is 12.7. The molecule has 0 rings (SSSR count). The van der Waals surface area contributed by atoms with E-state index in [1.807, 2.05) is 0 Å². The molecule has 5 heteroatoms. The molecule has 20 heavy (non-hydrogen) atoms. The first-order chi connectivity index (χ1) is 9.66. The van der Waals surface area contributed by atoms with Crippen LogP contribution < -0.4 is 10.6 Å². The van der Waals surface area contributed by atoms with Crippen molar-refractivity contribution in [2.45, 2.75) is 71.1 Å². The van der Waals surface area contributed by atoms with Crippen molar-refractivity contribution in [1.82, 2.24) is 10.6 Å². The van der Waals surface area contributed by atoms with Crippen LogP contribution in [0.1, 0.15) is 71.1 Å². The number of amides is 2. The van der Waals surface area contributed by atoms with Gasteiger partial charge in [-0.2, -0.15) is 0 Å². The van der Waals surface area contributed by atoms with E-state index in [0.717, 1.165) is 12.8 Å². The SMILES string of the molecule is CCCCCCCCCCNC(=O)NCCCC(=O)O. The number of hydrogen-bond donors (Lipinski definition) is 3. The lowest BCUT2D eigenvalue weighted by Gasteiger charge is -2.07. The normalized spacial score (nSPS) is 10.2. The average molecular weight is 286 g/mol. The molecule has 2 amide bonds. The van der Waals surface area contributed by atoms with Gasteiger partial charge in [-0.3, -0.25) is 4.79 Å². The van der Waals surface area contributed by atoms with Crippen LogP contribution in [0.4, 0.5) is 4.79 Å². The second kappa shape index (κ2) is 14.2. The number of carboxylic acid groups (broad SMARTS) is 1. The lowest BCUT2D eigenvalue weighted by atomic mass is 10.1. The fraction of sp³-hybridized carbons (Fsp3) is 0.867. The van der Waals surface area contributed by atoms with Gasteiger partial charge >= 0.3 is 12.0 Å². The standard InChI is InChI=1S/C15H30N2O3/c1-2-3-4-5-6-7-8-9-12-16-15(20)17-13-10-11-14(18)19/h2-13H2,1H3,(H,18,19)(H2,16,17,20). The molecule has 0 aliphatic heterocycles. The predicted octanol–water partition coefficient (Wildman–Crippen LogP) is 3.29. The highest BCUT2D eigenvalue weighted by Gasteiger charge is 2.00. The maximum atomic E-state index is 11.3. The summed E-state index contributed by atoms with van der Waals surface area (Å²) in [5, 5.41) is 13.9. The van der Waals surface area contributed by atoms with Crippen molar-refractivity contribution in [3.63, 3.8) is 0 Å². The van der Waals surface area contributed by atoms with Crippen molar-refractivity contribution in [3.05, 3.63) is 0 Å². The number of carboxylic acids is 1. The summed E-state index contributed by atoms with van der Waals surface area (Å²) in [5.41, 5.74) is 0. The van der Waals surface area contributed by atoms with Crippen molar-refractivity contribution in [2.24, 2.45) is 0 Å². The molecular formula is C15H30N2O3. The van der Waals surface area contributed by atoms with Gasteiger partial charge in [0.1, 0.15) is 0 Å². The maximum Gasteiger partial charge on any atom is 0.314 e. The van der Waals surface area contributed by atoms with E-state index in [2.05, 4.69) is 17.6 Å². The van der Waals surface area contributed by atoms with Gasteiger partial charge in [-0.15, -0.1) is 0 Å². The number of rotatable bonds is 13. The molecule has 0 aromatic heterocycles. The quantitative estimate of drug-likeness (QED) is 0.455. The molecule has 0 unspecified atom stereocenters. The molecular weight excluding hydrogens is 256 g/mol. The van der Waals surface area contributed by atoms with Gasteiger partial charge in [-0.1, -0.05) is 51.9 Å². The molecule has 0 bridgehead atoms. The predicted molar refractivity (Wildman–Crippen MR) is 80.9 cm³/mol. The number of carbonyl (C=O) groups is 2. The van der Waals surface area contributed by atoms with Crippen LogP contribution in [-0.4, -0.2) is 30.2 Å². The summed E-state index contributed by atoms with van der Waals surface area (Å²) in [6.45, 7) is 3.33. The van der Waals surface area contributed by atoms with E-state index in [9.17, 15) is 9.59 Å². The monoisotopic (exact) mass is 286 g/mol. The summed E-state index contributed by atoms with van der Waals surface area (Å²) in [4.78, 5) is 21.6. The average Bonchev–Trinajstić information content (AvgIpc) is 2.41. The Morgan fingerprint density at radius 2 is 1.30 bits per heavy atom.